The lowest BCUT2D eigenvalue weighted by Gasteiger charge is -2.25. The molecule has 0 saturated heterocycles. The van der Waals surface area contributed by atoms with Crippen LogP contribution in [0.1, 0.15) is 44.0 Å². The van der Waals surface area contributed by atoms with E-state index in [1.165, 1.54) is 12.3 Å². The molecule has 0 unspecified atom stereocenters. The van der Waals surface area contributed by atoms with Crippen molar-refractivity contribution in [2.45, 2.75) is 39.2 Å². The molecule has 1 amide bonds. The second kappa shape index (κ2) is 7.45. The van der Waals surface area contributed by atoms with Crippen LogP contribution in [-0.4, -0.2) is 34.8 Å². The van der Waals surface area contributed by atoms with Crippen molar-refractivity contribution in [1.82, 2.24) is 10.3 Å². The maximum atomic E-state index is 12.0. The maximum absolute atomic E-state index is 12.0. The molecule has 0 aliphatic carbocycles. The number of pyridine rings is 1. The Bertz CT molecular complexity index is 462. The summed E-state index contributed by atoms with van der Waals surface area (Å²) in [5.74, 6) is -0.00730. The second-order valence-electron chi connectivity index (χ2n) is 4.56. The Morgan fingerprint density at radius 2 is 2.10 bits per heavy atom. The van der Waals surface area contributed by atoms with Crippen molar-refractivity contribution in [2.75, 3.05) is 13.2 Å². The number of aliphatic hydroxyl groups is 1. The normalized spacial score (nSPS) is 11.2. The van der Waals surface area contributed by atoms with Crippen LogP contribution >= 0.6 is 11.6 Å². The van der Waals surface area contributed by atoms with Gasteiger partial charge in [-0.2, -0.15) is 0 Å². The van der Waals surface area contributed by atoms with E-state index in [4.69, 9.17) is 16.3 Å². The Morgan fingerprint density at radius 1 is 1.45 bits per heavy atom. The third kappa shape index (κ3) is 4.35. The standard InChI is InChI=1S/C14H21ClN2O3/c1-4-14(19,5-2)9-17-12(18)10-7-11(15)13(16-8-10)20-6-3/h7-8,19H,4-6,9H2,1-3H3,(H,17,18). The van der Waals surface area contributed by atoms with Gasteiger partial charge in [0.25, 0.3) is 5.91 Å². The van der Waals surface area contributed by atoms with E-state index in [2.05, 4.69) is 10.3 Å². The molecule has 20 heavy (non-hydrogen) atoms. The molecule has 0 radical (unpaired) electrons. The highest BCUT2D eigenvalue weighted by Gasteiger charge is 2.23. The van der Waals surface area contributed by atoms with Crippen molar-refractivity contribution in [3.63, 3.8) is 0 Å². The Balaban J connectivity index is 2.71. The van der Waals surface area contributed by atoms with Crippen molar-refractivity contribution in [3.8, 4) is 5.88 Å². The van der Waals surface area contributed by atoms with Gasteiger partial charge in [0.1, 0.15) is 5.02 Å². The first-order chi connectivity index (χ1) is 9.45. The number of carbonyl (C=O) groups excluding carboxylic acids is 1. The van der Waals surface area contributed by atoms with E-state index >= 15 is 0 Å². The van der Waals surface area contributed by atoms with E-state index in [9.17, 15) is 9.90 Å². The van der Waals surface area contributed by atoms with Gasteiger partial charge in [0.05, 0.1) is 17.8 Å². The first kappa shape index (κ1) is 16.7. The summed E-state index contributed by atoms with van der Waals surface area (Å²) in [5.41, 5.74) is -0.536. The van der Waals surface area contributed by atoms with E-state index in [-0.39, 0.29) is 12.5 Å². The predicted octanol–water partition coefficient (Wildman–Crippen LogP) is 2.41. The smallest absolute Gasteiger partial charge is 0.253 e. The van der Waals surface area contributed by atoms with Crippen LogP contribution in [0.25, 0.3) is 0 Å². The van der Waals surface area contributed by atoms with Crippen LogP contribution in [0.2, 0.25) is 5.02 Å². The van der Waals surface area contributed by atoms with Crippen LogP contribution in [0.5, 0.6) is 5.88 Å². The zero-order chi connectivity index (χ0) is 15.2. The second-order valence-corrected chi connectivity index (χ2v) is 4.97. The SMILES string of the molecule is CCOc1ncc(C(=O)NCC(O)(CC)CC)cc1Cl. The molecule has 2 N–H and O–H groups in total. The summed E-state index contributed by atoms with van der Waals surface area (Å²) in [4.78, 5) is 16.0. The summed E-state index contributed by atoms with van der Waals surface area (Å²) >= 11 is 5.98. The van der Waals surface area contributed by atoms with Crippen LogP contribution in [0.3, 0.4) is 0 Å². The van der Waals surface area contributed by atoms with Crippen molar-refractivity contribution in [2.24, 2.45) is 0 Å². The van der Waals surface area contributed by atoms with Gasteiger partial charge in [-0.05, 0) is 25.8 Å². The number of aromatic nitrogens is 1. The van der Waals surface area contributed by atoms with Gasteiger partial charge in [-0.1, -0.05) is 25.4 Å². The zero-order valence-electron chi connectivity index (χ0n) is 12.1. The number of nitrogens with one attached hydrogen (secondary N) is 1. The lowest BCUT2D eigenvalue weighted by atomic mass is 9.97. The van der Waals surface area contributed by atoms with Crippen LogP contribution < -0.4 is 10.1 Å². The van der Waals surface area contributed by atoms with E-state index in [0.717, 1.165) is 0 Å². The quantitative estimate of drug-likeness (QED) is 0.811. The Labute approximate surface area is 124 Å². The highest BCUT2D eigenvalue weighted by molar-refractivity contribution is 6.32. The van der Waals surface area contributed by atoms with Gasteiger partial charge >= 0.3 is 0 Å². The molecule has 1 heterocycles. The molecule has 1 aromatic heterocycles. The minimum absolute atomic E-state index is 0.198. The third-order valence-electron chi connectivity index (χ3n) is 3.24. The summed E-state index contributed by atoms with van der Waals surface area (Å²) in [7, 11) is 0. The molecule has 5 nitrogen and oxygen atoms in total. The fourth-order valence-corrected chi connectivity index (χ4v) is 1.86. The Kier molecular flexibility index (Phi) is 6.23. The molecule has 0 aliphatic rings. The summed E-state index contributed by atoms with van der Waals surface area (Å²) in [6, 6.07) is 1.51. The Hall–Kier alpha value is -1.33. The van der Waals surface area contributed by atoms with Crippen molar-refractivity contribution < 1.29 is 14.6 Å². The van der Waals surface area contributed by atoms with E-state index in [0.29, 0.717) is 35.9 Å². The maximum Gasteiger partial charge on any atom is 0.253 e. The lowest BCUT2D eigenvalue weighted by molar-refractivity contribution is 0.0314. The van der Waals surface area contributed by atoms with Gasteiger partial charge in [0, 0.05) is 12.7 Å². The molecule has 0 aromatic carbocycles. The molecule has 112 valence electrons. The number of rotatable bonds is 7. The van der Waals surface area contributed by atoms with E-state index in [1.54, 1.807) is 0 Å². The number of hydrogen-bond donors (Lipinski definition) is 2. The lowest BCUT2D eigenvalue weighted by Crippen LogP contribution is -2.42. The number of halogens is 1. The van der Waals surface area contributed by atoms with Gasteiger partial charge < -0.3 is 15.2 Å². The van der Waals surface area contributed by atoms with E-state index < -0.39 is 5.60 Å². The molecule has 6 heteroatoms. The van der Waals surface area contributed by atoms with E-state index in [1.807, 2.05) is 20.8 Å². The zero-order valence-corrected chi connectivity index (χ0v) is 12.8. The van der Waals surface area contributed by atoms with Gasteiger partial charge in [-0.25, -0.2) is 4.98 Å². The first-order valence-electron chi connectivity index (χ1n) is 6.74. The summed E-state index contributed by atoms with van der Waals surface area (Å²) in [5, 5.41) is 13.1. The van der Waals surface area contributed by atoms with Gasteiger partial charge in [-0.15, -0.1) is 0 Å². The summed E-state index contributed by atoms with van der Waals surface area (Å²) in [6.07, 6.45) is 2.56. The Morgan fingerprint density at radius 3 is 2.60 bits per heavy atom. The fourth-order valence-electron chi connectivity index (χ4n) is 1.64. The van der Waals surface area contributed by atoms with Gasteiger partial charge in [0.2, 0.25) is 5.88 Å². The van der Waals surface area contributed by atoms with Crippen LogP contribution in [-0.2, 0) is 0 Å². The molecule has 0 fully saturated rings. The highest BCUT2D eigenvalue weighted by atomic mass is 35.5. The summed E-state index contributed by atoms with van der Waals surface area (Å²) < 4.78 is 5.21. The van der Waals surface area contributed by atoms with Gasteiger partial charge in [0.15, 0.2) is 0 Å². The van der Waals surface area contributed by atoms with Crippen LogP contribution in [0.4, 0.5) is 0 Å². The van der Waals surface area contributed by atoms with Crippen molar-refractivity contribution in [3.05, 3.63) is 22.8 Å². The largest absolute Gasteiger partial charge is 0.477 e. The molecule has 0 bridgehead atoms. The number of nitrogens with zero attached hydrogens (tertiary/aromatic N) is 1. The third-order valence-corrected chi connectivity index (χ3v) is 3.52. The number of ether oxygens (including phenoxy) is 1. The van der Waals surface area contributed by atoms with Gasteiger partial charge in [-0.3, -0.25) is 4.79 Å². The van der Waals surface area contributed by atoms with Crippen LogP contribution in [0, 0.1) is 0 Å². The average molecular weight is 301 g/mol. The van der Waals surface area contributed by atoms with Crippen molar-refractivity contribution in [1.29, 1.82) is 0 Å². The highest BCUT2D eigenvalue weighted by Crippen LogP contribution is 2.22. The molecule has 0 saturated carbocycles. The predicted molar refractivity (Wildman–Crippen MR) is 78.3 cm³/mol. The number of amides is 1. The minimum atomic E-state index is -0.877. The molecule has 0 atom stereocenters. The molecule has 1 rings (SSSR count). The average Bonchev–Trinajstić information content (AvgIpc) is 2.46. The molecular formula is C14H21ClN2O3. The topological polar surface area (TPSA) is 71.5 Å². The molecule has 1 aromatic rings. The molecule has 0 spiro atoms. The molecule has 0 aliphatic heterocycles. The minimum Gasteiger partial charge on any atom is -0.477 e. The number of carbonyl (C=O) groups is 1. The number of hydrogen-bond acceptors (Lipinski definition) is 4. The monoisotopic (exact) mass is 300 g/mol. The summed E-state index contributed by atoms with van der Waals surface area (Å²) in [6.45, 7) is 6.24. The van der Waals surface area contributed by atoms with Crippen LogP contribution in [0.15, 0.2) is 12.3 Å². The first-order valence-corrected chi connectivity index (χ1v) is 7.12. The van der Waals surface area contributed by atoms with Crippen molar-refractivity contribution >= 4 is 17.5 Å². The fraction of sp³-hybridized carbons (Fsp3) is 0.571. The molecular weight excluding hydrogens is 280 g/mol.